The number of hydrogen-bond donors (Lipinski definition) is 1. The van der Waals surface area contributed by atoms with Crippen LogP contribution in [0.15, 0.2) is 12.1 Å². The van der Waals surface area contributed by atoms with Gasteiger partial charge in [-0.25, -0.2) is 8.78 Å². The highest BCUT2D eigenvalue weighted by molar-refractivity contribution is 5.66. The largest absolute Gasteiger partial charge is 0.496 e. The van der Waals surface area contributed by atoms with Crippen molar-refractivity contribution < 1.29 is 23.4 Å². The Balaban J connectivity index is 2.16. The predicted molar refractivity (Wildman–Crippen MR) is 77.8 cm³/mol. The Morgan fingerprint density at radius 1 is 1.41 bits per heavy atom. The average molecular weight is 313 g/mol. The molecule has 1 aromatic rings. The van der Waals surface area contributed by atoms with E-state index in [0.29, 0.717) is 12.2 Å². The van der Waals surface area contributed by atoms with Crippen molar-refractivity contribution in [2.75, 3.05) is 13.7 Å². The van der Waals surface area contributed by atoms with Gasteiger partial charge in [-0.2, -0.15) is 0 Å². The molecule has 1 aliphatic rings. The summed E-state index contributed by atoms with van der Waals surface area (Å²) in [5.74, 6) is -2.29. The van der Waals surface area contributed by atoms with Crippen LogP contribution in [0.25, 0.3) is 0 Å². The number of hydrogen-bond acceptors (Lipinski definition) is 3. The van der Waals surface area contributed by atoms with Crippen molar-refractivity contribution in [2.45, 2.75) is 44.7 Å². The van der Waals surface area contributed by atoms with Crippen LogP contribution < -0.4 is 4.74 Å². The minimum atomic E-state index is -0.894. The van der Waals surface area contributed by atoms with E-state index < -0.39 is 17.6 Å². The van der Waals surface area contributed by atoms with Gasteiger partial charge in [-0.15, -0.1) is 0 Å². The molecule has 0 radical (unpaired) electrons. The zero-order chi connectivity index (χ0) is 16.1. The number of aliphatic carboxylic acids is 1. The quantitative estimate of drug-likeness (QED) is 0.876. The van der Waals surface area contributed by atoms with Crippen molar-refractivity contribution in [1.29, 1.82) is 0 Å². The standard InChI is InChI=1S/C16H21F2NO3/c1-22-14-7-6-13(17)16(18)12(14)10-19-9-3-2-4-11(19)5-8-15(20)21/h6-7,11H,2-5,8-10H2,1H3,(H,20,21)/t11-/m1/s1. The van der Waals surface area contributed by atoms with Gasteiger partial charge in [0.15, 0.2) is 11.6 Å². The lowest BCUT2D eigenvalue weighted by molar-refractivity contribution is -0.137. The minimum absolute atomic E-state index is 0.0808. The summed E-state index contributed by atoms with van der Waals surface area (Å²) in [4.78, 5) is 12.8. The van der Waals surface area contributed by atoms with E-state index >= 15 is 0 Å². The van der Waals surface area contributed by atoms with Crippen molar-refractivity contribution in [3.63, 3.8) is 0 Å². The molecule has 1 saturated heterocycles. The number of carboxylic acid groups (broad SMARTS) is 1. The molecule has 0 spiro atoms. The summed E-state index contributed by atoms with van der Waals surface area (Å²) in [5, 5.41) is 8.83. The molecular formula is C16H21F2NO3. The monoisotopic (exact) mass is 313 g/mol. The molecule has 22 heavy (non-hydrogen) atoms. The first kappa shape index (κ1) is 16.7. The maximum absolute atomic E-state index is 14.1. The summed E-state index contributed by atoms with van der Waals surface area (Å²) in [6.07, 6.45) is 3.50. The predicted octanol–water partition coefficient (Wildman–Crippen LogP) is 3.19. The number of carbonyl (C=O) groups is 1. The number of likely N-dealkylation sites (tertiary alicyclic amines) is 1. The number of benzene rings is 1. The van der Waals surface area contributed by atoms with E-state index in [9.17, 15) is 13.6 Å². The maximum atomic E-state index is 14.1. The number of methoxy groups -OCH3 is 1. The molecule has 0 aromatic heterocycles. The Hall–Kier alpha value is -1.69. The van der Waals surface area contributed by atoms with Crippen LogP contribution in [0, 0.1) is 11.6 Å². The van der Waals surface area contributed by atoms with Crippen LogP contribution in [0.1, 0.15) is 37.7 Å². The second-order valence-electron chi connectivity index (χ2n) is 5.59. The highest BCUT2D eigenvalue weighted by atomic mass is 19.2. The summed E-state index contributed by atoms with van der Waals surface area (Å²) in [5.41, 5.74) is 0.199. The van der Waals surface area contributed by atoms with Gasteiger partial charge in [0.25, 0.3) is 0 Å². The molecule has 1 atom stereocenters. The Morgan fingerprint density at radius 3 is 2.86 bits per heavy atom. The van der Waals surface area contributed by atoms with Crippen LogP contribution in [0.2, 0.25) is 0 Å². The fourth-order valence-electron chi connectivity index (χ4n) is 3.00. The van der Waals surface area contributed by atoms with Crippen molar-refractivity contribution >= 4 is 5.97 Å². The highest BCUT2D eigenvalue weighted by Gasteiger charge is 2.26. The second-order valence-corrected chi connectivity index (χ2v) is 5.59. The fraction of sp³-hybridized carbons (Fsp3) is 0.562. The second kappa shape index (κ2) is 7.54. The van der Waals surface area contributed by atoms with Crippen molar-refractivity contribution in [3.8, 4) is 5.75 Å². The fourth-order valence-corrected chi connectivity index (χ4v) is 3.00. The molecule has 1 heterocycles. The van der Waals surface area contributed by atoms with E-state index in [4.69, 9.17) is 9.84 Å². The number of halogens is 2. The summed E-state index contributed by atoms with van der Waals surface area (Å²) >= 11 is 0. The molecule has 1 aliphatic heterocycles. The van der Waals surface area contributed by atoms with Crippen LogP contribution in [-0.2, 0) is 11.3 Å². The SMILES string of the molecule is COc1ccc(F)c(F)c1CN1CCCC[C@@H]1CCC(=O)O. The Morgan fingerprint density at radius 2 is 2.18 bits per heavy atom. The normalized spacial score (nSPS) is 19.1. The lowest BCUT2D eigenvalue weighted by Crippen LogP contribution is -2.39. The summed E-state index contributed by atoms with van der Waals surface area (Å²) < 4.78 is 32.7. The molecule has 1 N–H and O–H groups in total. The molecule has 1 aromatic carbocycles. The van der Waals surface area contributed by atoms with Crippen LogP contribution in [-0.4, -0.2) is 35.7 Å². The molecule has 0 bridgehead atoms. The molecule has 0 unspecified atom stereocenters. The Labute approximate surface area is 128 Å². The Bertz CT molecular complexity index is 536. The molecule has 0 saturated carbocycles. The van der Waals surface area contributed by atoms with Crippen LogP contribution in [0.5, 0.6) is 5.75 Å². The molecule has 4 nitrogen and oxygen atoms in total. The van der Waals surface area contributed by atoms with Gasteiger partial charge < -0.3 is 9.84 Å². The highest BCUT2D eigenvalue weighted by Crippen LogP contribution is 2.29. The van der Waals surface area contributed by atoms with Crippen molar-refractivity contribution in [1.82, 2.24) is 4.90 Å². The van der Waals surface area contributed by atoms with Gasteiger partial charge in [0, 0.05) is 24.6 Å². The topological polar surface area (TPSA) is 49.8 Å². The summed E-state index contributed by atoms with van der Waals surface area (Å²) in [6, 6.07) is 2.55. The molecule has 0 amide bonds. The number of carboxylic acids is 1. The summed E-state index contributed by atoms with van der Waals surface area (Å²) in [7, 11) is 1.42. The first-order chi connectivity index (χ1) is 10.5. The van der Waals surface area contributed by atoms with Gasteiger partial charge in [-0.3, -0.25) is 9.69 Å². The van der Waals surface area contributed by atoms with Crippen molar-refractivity contribution in [3.05, 3.63) is 29.3 Å². The zero-order valence-electron chi connectivity index (χ0n) is 12.6. The zero-order valence-corrected chi connectivity index (χ0v) is 12.6. The van der Waals surface area contributed by atoms with Crippen LogP contribution in [0.3, 0.4) is 0 Å². The summed E-state index contributed by atoms with van der Waals surface area (Å²) in [6.45, 7) is 0.987. The third-order valence-corrected chi connectivity index (χ3v) is 4.17. The molecular weight excluding hydrogens is 292 g/mol. The lowest BCUT2D eigenvalue weighted by atomic mass is 9.97. The molecule has 1 fully saturated rings. The van der Waals surface area contributed by atoms with E-state index in [0.717, 1.165) is 31.9 Å². The lowest BCUT2D eigenvalue weighted by Gasteiger charge is -2.36. The molecule has 122 valence electrons. The van der Waals surface area contributed by atoms with E-state index in [-0.39, 0.29) is 24.6 Å². The third-order valence-electron chi connectivity index (χ3n) is 4.17. The number of nitrogens with zero attached hydrogens (tertiary/aromatic N) is 1. The maximum Gasteiger partial charge on any atom is 0.303 e. The minimum Gasteiger partial charge on any atom is -0.496 e. The van der Waals surface area contributed by atoms with Gasteiger partial charge in [-0.1, -0.05) is 6.42 Å². The van der Waals surface area contributed by atoms with Crippen molar-refractivity contribution in [2.24, 2.45) is 0 Å². The Kier molecular flexibility index (Phi) is 5.71. The first-order valence-corrected chi connectivity index (χ1v) is 7.49. The van der Waals surface area contributed by atoms with E-state index in [1.54, 1.807) is 0 Å². The van der Waals surface area contributed by atoms with E-state index in [2.05, 4.69) is 0 Å². The number of piperidine rings is 1. The smallest absolute Gasteiger partial charge is 0.303 e. The number of ether oxygens (including phenoxy) is 1. The van der Waals surface area contributed by atoms with Gasteiger partial charge in [0.05, 0.1) is 7.11 Å². The molecule has 6 heteroatoms. The van der Waals surface area contributed by atoms with Gasteiger partial charge in [-0.05, 0) is 37.9 Å². The van der Waals surface area contributed by atoms with Crippen LogP contribution in [0.4, 0.5) is 8.78 Å². The van der Waals surface area contributed by atoms with E-state index in [1.165, 1.54) is 13.2 Å². The number of rotatable bonds is 6. The van der Waals surface area contributed by atoms with Crippen LogP contribution >= 0.6 is 0 Å². The molecule has 0 aliphatic carbocycles. The van der Waals surface area contributed by atoms with Gasteiger partial charge in [0.1, 0.15) is 5.75 Å². The van der Waals surface area contributed by atoms with Gasteiger partial charge in [0.2, 0.25) is 0 Å². The van der Waals surface area contributed by atoms with Gasteiger partial charge >= 0.3 is 5.97 Å². The molecule has 2 rings (SSSR count). The average Bonchev–Trinajstić information content (AvgIpc) is 2.51. The first-order valence-electron chi connectivity index (χ1n) is 7.49. The van der Waals surface area contributed by atoms with E-state index in [1.807, 2.05) is 4.90 Å². The third kappa shape index (κ3) is 3.94.